The molecule has 0 saturated heterocycles. The lowest BCUT2D eigenvalue weighted by Gasteiger charge is -2.26. The number of phenolic OH excluding ortho intramolecular Hbond substituents is 2. The zero-order valence-corrected chi connectivity index (χ0v) is 28.2. The Kier molecular flexibility index (Phi) is 8.03. The molecule has 0 amide bonds. The maximum Gasteiger partial charge on any atom is 0.194 e. The number of phenols is 2. The molecule has 1 aliphatic carbocycles. The second-order valence-electron chi connectivity index (χ2n) is 13.6. The molecule has 0 saturated carbocycles. The molecule has 248 valence electrons. The minimum Gasteiger partial charge on any atom is -0.508 e. The van der Waals surface area contributed by atoms with Crippen molar-refractivity contribution >= 4 is 11.6 Å². The van der Waals surface area contributed by atoms with E-state index in [9.17, 15) is 19.8 Å². The summed E-state index contributed by atoms with van der Waals surface area (Å²) in [4.78, 5) is 27.3. The van der Waals surface area contributed by atoms with Crippen molar-refractivity contribution in [2.75, 3.05) is 0 Å². The van der Waals surface area contributed by atoms with Gasteiger partial charge in [0.2, 0.25) is 0 Å². The van der Waals surface area contributed by atoms with E-state index >= 15 is 0 Å². The normalized spacial score (nSPS) is 12.6. The van der Waals surface area contributed by atoms with Crippen LogP contribution in [-0.2, 0) is 10.8 Å². The Morgan fingerprint density at radius 3 is 1.04 bits per heavy atom. The molecule has 0 unspecified atom stereocenters. The van der Waals surface area contributed by atoms with Crippen molar-refractivity contribution in [1.82, 2.24) is 0 Å². The highest BCUT2D eigenvalue weighted by Crippen LogP contribution is 2.42. The van der Waals surface area contributed by atoms with Gasteiger partial charge < -0.3 is 19.7 Å². The summed E-state index contributed by atoms with van der Waals surface area (Å²) in [6, 6.07) is 39.8. The predicted molar refractivity (Wildman–Crippen MR) is 193 cm³/mol. The van der Waals surface area contributed by atoms with Gasteiger partial charge in [0.25, 0.3) is 0 Å². The van der Waals surface area contributed by atoms with Gasteiger partial charge in [-0.1, -0.05) is 100 Å². The molecule has 0 aromatic heterocycles. The molecule has 0 aliphatic heterocycles. The van der Waals surface area contributed by atoms with Gasteiger partial charge in [0.05, 0.1) is 0 Å². The number of aromatic hydroxyl groups is 2. The van der Waals surface area contributed by atoms with Gasteiger partial charge in [0.1, 0.15) is 23.0 Å². The number of hydrogen-bond acceptors (Lipinski definition) is 6. The van der Waals surface area contributed by atoms with E-state index in [0.717, 1.165) is 22.3 Å². The van der Waals surface area contributed by atoms with Crippen molar-refractivity contribution < 1.29 is 29.3 Å². The van der Waals surface area contributed by atoms with Crippen LogP contribution in [0.3, 0.4) is 0 Å². The lowest BCUT2D eigenvalue weighted by molar-refractivity contribution is 0.0978. The summed E-state index contributed by atoms with van der Waals surface area (Å²) in [6.45, 7) is 8.45. The Morgan fingerprint density at radius 2 is 0.720 bits per heavy atom. The smallest absolute Gasteiger partial charge is 0.194 e. The average molecular weight is 661 g/mol. The first-order valence-corrected chi connectivity index (χ1v) is 16.4. The second-order valence-corrected chi connectivity index (χ2v) is 13.6. The molecule has 6 nitrogen and oxygen atoms in total. The highest BCUT2D eigenvalue weighted by atomic mass is 16.5. The summed E-state index contributed by atoms with van der Waals surface area (Å²) in [5.74, 6) is 1.58. The Bertz CT molecular complexity index is 2070. The van der Waals surface area contributed by atoms with Gasteiger partial charge in [-0.05, 0) is 82.9 Å². The summed E-state index contributed by atoms with van der Waals surface area (Å²) >= 11 is 0. The Morgan fingerprint density at radius 1 is 0.420 bits per heavy atom. The highest BCUT2D eigenvalue weighted by Gasteiger charge is 2.32. The molecular weight excluding hydrogens is 624 g/mol. The molecule has 6 heteroatoms. The monoisotopic (exact) mass is 660 g/mol. The first-order chi connectivity index (χ1) is 23.9. The Balaban J connectivity index is 1.23. The summed E-state index contributed by atoms with van der Waals surface area (Å²) in [6.07, 6.45) is 0. The summed E-state index contributed by atoms with van der Waals surface area (Å²) < 4.78 is 12.8. The number of fused-ring (bicyclic) bond motifs is 2. The van der Waals surface area contributed by atoms with Gasteiger partial charge >= 0.3 is 0 Å². The fraction of sp³-hybridized carbons (Fsp3) is 0.136. The largest absolute Gasteiger partial charge is 0.508 e. The van der Waals surface area contributed by atoms with E-state index in [1.54, 1.807) is 60.7 Å². The van der Waals surface area contributed by atoms with Gasteiger partial charge in [-0.25, -0.2) is 0 Å². The predicted octanol–water partition coefficient (Wildman–Crippen LogP) is 10.1. The third-order valence-electron chi connectivity index (χ3n) is 9.78. The molecule has 6 aromatic carbocycles. The zero-order valence-electron chi connectivity index (χ0n) is 28.2. The first kappa shape index (κ1) is 32.4. The van der Waals surface area contributed by atoms with E-state index in [1.807, 2.05) is 72.8 Å². The summed E-state index contributed by atoms with van der Waals surface area (Å²) in [5, 5.41) is 19.5. The van der Waals surface area contributed by atoms with Crippen molar-refractivity contribution in [1.29, 1.82) is 0 Å². The molecule has 0 spiro atoms. The summed E-state index contributed by atoms with van der Waals surface area (Å²) in [5.41, 5.74) is 4.75. The van der Waals surface area contributed by atoms with Gasteiger partial charge in [0.15, 0.2) is 23.1 Å². The molecule has 0 bridgehead atoms. The summed E-state index contributed by atoms with van der Waals surface area (Å²) in [7, 11) is 0. The lowest BCUT2D eigenvalue weighted by Crippen LogP contribution is -2.21. The third kappa shape index (κ3) is 5.90. The van der Waals surface area contributed by atoms with E-state index in [0.29, 0.717) is 34.1 Å². The Labute approximate surface area is 291 Å². The van der Waals surface area contributed by atoms with Crippen LogP contribution in [0, 0.1) is 0 Å². The van der Waals surface area contributed by atoms with Crippen molar-refractivity contribution in [2.24, 2.45) is 0 Å². The van der Waals surface area contributed by atoms with Crippen LogP contribution >= 0.6 is 0 Å². The van der Waals surface area contributed by atoms with E-state index < -0.39 is 0 Å². The SMILES string of the molecule is CC(C)(c1ccc(O)cc1)c1ccc(Oc2cc3c(cc2Oc2ccc(C(C)(C)c4ccc(O)cc4)cc2)C(=O)c2ccccc2C3=O)cc1. The van der Waals surface area contributed by atoms with Gasteiger partial charge in [-0.15, -0.1) is 0 Å². The van der Waals surface area contributed by atoms with Crippen LogP contribution in [0.25, 0.3) is 0 Å². The van der Waals surface area contributed by atoms with Crippen molar-refractivity contribution in [3.8, 4) is 34.5 Å². The lowest BCUT2D eigenvalue weighted by atomic mass is 9.78. The number of rotatable bonds is 8. The van der Waals surface area contributed by atoms with Crippen molar-refractivity contribution in [2.45, 2.75) is 38.5 Å². The van der Waals surface area contributed by atoms with Gasteiger partial charge in [0, 0.05) is 33.1 Å². The van der Waals surface area contributed by atoms with Gasteiger partial charge in [-0.2, -0.15) is 0 Å². The van der Waals surface area contributed by atoms with Crippen molar-refractivity contribution in [3.05, 3.63) is 178 Å². The standard InChI is InChI=1S/C44H36O6/c1-43(2,27-9-17-31(45)18-10-27)29-13-21-33(22-14-29)49-39-25-37-38(42(48)36-8-6-5-7-35(36)41(37)47)26-40(39)50-34-23-15-30(16-24-34)44(3,4)28-11-19-32(46)20-12-28/h5-26,45-46H,1-4H3. The quantitative estimate of drug-likeness (QED) is 0.169. The molecule has 0 heterocycles. The first-order valence-electron chi connectivity index (χ1n) is 16.4. The molecular formula is C44H36O6. The number of ether oxygens (including phenoxy) is 2. The maximum absolute atomic E-state index is 13.6. The fourth-order valence-electron chi connectivity index (χ4n) is 6.49. The zero-order chi connectivity index (χ0) is 35.2. The second kappa shape index (κ2) is 12.4. The molecule has 7 rings (SSSR count). The molecule has 0 fully saturated rings. The van der Waals surface area contributed by atoms with Crippen LogP contribution < -0.4 is 9.47 Å². The van der Waals surface area contributed by atoms with Crippen LogP contribution in [0.5, 0.6) is 34.5 Å². The van der Waals surface area contributed by atoms with E-state index in [-0.39, 0.29) is 45.0 Å². The Hall–Kier alpha value is -6.14. The molecule has 50 heavy (non-hydrogen) atoms. The van der Waals surface area contributed by atoms with Crippen molar-refractivity contribution in [3.63, 3.8) is 0 Å². The third-order valence-corrected chi connectivity index (χ3v) is 9.78. The highest BCUT2D eigenvalue weighted by molar-refractivity contribution is 6.28. The minimum atomic E-state index is -0.338. The minimum absolute atomic E-state index is 0.217. The number of carbonyl (C=O) groups is 2. The number of ketones is 2. The van der Waals surface area contributed by atoms with Crippen LogP contribution in [0.2, 0.25) is 0 Å². The van der Waals surface area contributed by atoms with E-state index in [1.165, 1.54) is 0 Å². The van der Waals surface area contributed by atoms with Crippen LogP contribution in [0.4, 0.5) is 0 Å². The molecule has 2 N–H and O–H groups in total. The molecule has 0 radical (unpaired) electrons. The average Bonchev–Trinajstić information content (AvgIpc) is 3.12. The van der Waals surface area contributed by atoms with Crippen LogP contribution in [0.1, 0.15) is 81.8 Å². The van der Waals surface area contributed by atoms with E-state index in [4.69, 9.17) is 9.47 Å². The van der Waals surface area contributed by atoms with Gasteiger partial charge in [-0.3, -0.25) is 9.59 Å². The maximum atomic E-state index is 13.6. The number of benzene rings is 6. The van der Waals surface area contributed by atoms with Crippen LogP contribution in [0.15, 0.2) is 133 Å². The fourth-order valence-corrected chi connectivity index (χ4v) is 6.49. The van der Waals surface area contributed by atoms with E-state index in [2.05, 4.69) is 27.7 Å². The number of carbonyl (C=O) groups excluding carboxylic acids is 2. The molecule has 1 aliphatic rings. The molecule has 6 aromatic rings. The van der Waals surface area contributed by atoms with Crippen LogP contribution in [-0.4, -0.2) is 21.8 Å². The molecule has 0 atom stereocenters. The number of hydrogen-bond donors (Lipinski definition) is 2. The topological polar surface area (TPSA) is 93.1 Å².